The molecule has 1 amide bonds. The molecule has 7 heteroatoms. The molecule has 0 saturated heterocycles. The number of carbonyl (C=O) groups excluding carboxylic acids is 1. The lowest BCUT2D eigenvalue weighted by Crippen LogP contribution is -2.20. The van der Waals surface area contributed by atoms with Gasteiger partial charge in [0.2, 0.25) is 5.91 Å². The molecule has 0 aromatic carbocycles. The Morgan fingerprint density at radius 2 is 2.39 bits per heavy atom. The van der Waals surface area contributed by atoms with Crippen molar-refractivity contribution in [2.24, 2.45) is 12.8 Å². The molecule has 0 spiro atoms. The molecule has 2 aromatic heterocycles. The number of fused-ring (bicyclic) bond motifs is 1. The number of hydrogen-bond donors (Lipinski definition) is 2. The van der Waals surface area contributed by atoms with Crippen molar-refractivity contribution >= 4 is 22.8 Å². The van der Waals surface area contributed by atoms with E-state index in [0.717, 1.165) is 11.0 Å². The topological polar surface area (TPSA) is 95.1 Å². The van der Waals surface area contributed by atoms with Gasteiger partial charge < -0.3 is 20.4 Å². The molecule has 0 atom stereocenters. The minimum atomic E-state index is -0.472. The summed E-state index contributed by atoms with van der Waals surface area (Å²) in [5, 5.41) is 3.11. The summed E-state index contributed by atoms with van der Waals surface area (Å²) in [5.41, 5.74) is 6.77. The Bertz CT molecular complexity index is 551. The number of hydrogen-bond acceptors (Lipinski definition) is 5. The number of aryl methyl sites for hydroxylation is 1. The minimum absolute atomic E-state index is 0.0666. The summed E-state index contributed by atoms with van der Waals surface area (Å²) >= 11 is 0. The number of carbonyl (C=O) groups is 1. The number of ether oxygens (including phenoxy) is 1. The number of rotatable bonds is 6. The first-order valence-electron chi connectivity index (χ1n) is 5.54. The Labute approximate surface area is 104 Å². The number of pyridine rings is 1. The largest absolute Gasteiger partial charge is 0.370 e. The Morgan fingerprint density at radius 1 is 1.56 bits per heavy atom. The normalized spacial score (nSPS) is 10.7. The van der Waals surface area contributed by atoms with Gasteiger partial charge in [0.15, 0.2) is 5.82 Å². The number of anilines is 1. The molecule has 2 heterocycles. The highest BCUT2D eigenvalue weighted by Gasteiger charge is 2.05. The van der Waals surface area contributed by atoms with Crippen molar-refractivity contribution in [1.82, 2.24) is 14.5 Å². The molecule has 96 valence electrons. The molecule has 0 radical (unpaired) electrons. The molecule has 2 rings (SSSR count). The molecular weight excluding hydrogens is 234 g/mol. The highest BCUT2D eigenvalue weighted by atomic mass is 16.5. The summed E-state index contributed by atoms with van der Waals surface area (Å²) < 4.78 is 6.97. The fourth-order valence-electron chi connectivity index (χ4n) is 1.61. The van der Waals surface area contributed by atoms with Crippen molar-refractivity contribution in [3.8, 4) is 0 Å². The third kappa shape index (κ3) is 2.75. The predicted molar refractivity (Wildman–Crippen MR) is 67.0 cm³/mol. The first kappa shape index (κ1) is 12.3. The zero-order valence-corrected chi connectivity index (χ0v) is 10.1. The van der Waals surface area contributed by atoms with Crippen LogP contribution in [0.25, 0.3) is 11.0 Å². The van der Waals surface area contributed by atoms with E-state index in [9.17, 15) is 4.79 Å². The Morgan fingerprint density at radius 3 is 3.17 bits per heavy atom. The van der Waals surface area contributed by atoms with Gasteiger partial charge in [-0.2, -0.15) is 0 Å². The summed E-state index contributed by atoms with van der Waals surface area (Å²) in [6, 6.07) is 1.90. The lowest BCUT2D eigenvalue weighted by atomic mass is 10.4. The second-order valence-electron chi connectivity index (χ2n) is 3.83. The minimum Gasteiger partial charge on any atom is -0.370 e. The number of aromatic nitrogens is 3. The molecule has 0 aliphatic rings. The van der Waals surface area contributed by atoms with Crippen molar-refractivity contribution in [2.75, 3.05) is 25.1 Å². The van der Waals surface area contributed by atoms with Gasteiger partial charge in [0.05, 0.1) is 18.5 Å². The lowest BCUT2D eigenvalue weighted by Gasteiger charge is -2.06. The highest BCUT2D eigenvalue weighted by Crippen LogP contribution is 2.17. The van der Waals surface area contributed by atoms with Crippen LogP contribution in [0, 0.1) is 0 Å². The average Bonchev–Trinajstić information content (AvgIpc) is 2.71. The number of nitrogens with two attached hydrogens (primary N) is 1. The van der Waals surface area contributed by atoms with E-state index in [0.29, 0.717) is 19.0 Å². The van der Waals surface area contributed by atoms with Crippen LogP contribution in [0.3, 0.4) is 0 Å². The zero-order valence-electron chi connectivity index (χ0n) is 10.1. The number of amides is 1. The van der Waals surface area contributed by atoms with Crippen LogP contribution in [0.4, 0.5) is 5.82 Å². The van der Waals surface area contributed by atoms with Crippen molar-refractivity contribution in [1.29, 1.82) is 0 Å². The highest BCUT2D eigenvalue weighted by molar-refractivity contribution is 5.85. The first-order valence-corrected chi connectivity index (χ1v) is 5.54. The Kier molecular flexibility index (Phi) is 3.73. The van der Waals surface area contributed by atoms with Gasteiger partial charge in [-0.3, -0.25) is 4.79 Å². The van der Waals surface area contributed by atoms with Gasteiger partial charge in [0, 0.05) is 19.8 Å². The van der Waals surface area contributed by atoms with Gasteiger partial charge >= 0.3 is 0 Å². The van der Waals surface area contributed by atoms with Crippen molar-refractivity contribution in [3.05, 3.63) is 18.6 Å². The molecule has 0 fully saturated rings. The smallest absolute Gasteiger partial charge is 0.243 e. The van der Waals surface area contributed by atoms with Crippen LogP contribution in [-0.4, -0.2) is 40.2 Å². The Hall–Kier alpha value is -2.15. The average molecular weight is 249 g/mol. The van der Waals surface area contributed by atoms with Gasteiger partial charge in [-0.15, -0.1) is 0 Å². The van der Waals surface area contributed by atoms with Crippen LogP contribution in [0.2, 0.25) is 0 Å². The predicted octanol–water partition coefficient (Wildman–Crippen LogP) is -0.118. The molecule has 0 saturated carbocycles. The third-order valence-corrected chi connectivity index (χ3v) is 2.43. The van der Waals surface area contributed by atoms with E-state index in [1.807, 2.05) is 17.7 Å². The quantitative estimate of drug-likeness (QED) is 0.696. The van der Waals surface area contributed by atoms with E-state index in [-0.39, 0.29) is 6.61 Å². The molecule has 3 N–H and O–H groups in total. The van der Waals surface area contributed by atoms with E-state index in [1.165, 1.54) is 0 Å². The van der Waals surface area contributed by atoms with Gasteiger partial charge in [-0.05, 0) is 6.07 Å². The van der Waals surface area contributed by atoms with E-state index in [4.69, 9.17) is 10.5 Å². The van der Waals surface area contributed by atoms with Crippen LogP contribution >= 0.6 is 0 Å². The van der Waals surface area contributed by atoms with Gasteiger partial charge in [-0.1, -0.05) is 0 Å². The maximum atomic E-state index is 10.5. The molecule has 0 aliphatic heterocycles. The summed E-state index contributed by atoms with van der Waals surface area (Å²) in [6.45, 7) is 0.854. The summed E-state index contributed by atoms with van der Waals surface area (Å²) in [5.74, 6) is 0.232. The zero-order chi connectivity index (χ0) is 13.0. The second-order valence-corrected chi connectivity index (χ2v) is 3.83. The number of nitrogens with one attached hydrogen (secondary N) is 1. The molecule has 2 aromatic rings. The van der Waals surface area contributed by atoms with Crippen molar-refractivity contribution in [2.45, 2.75) is 0 Å². The fourth-order valence-corrected chi connectivity index (χ4v) is 1.61. The van der Waals surface area contributed by atoms with Crippen LogP contribution in [0.5, 0.6) is 0 Å². The van der Waals surface area contributed by atoms with Gasteiger partial charge in [0.1, 0.15) is 12.1 Å². The fraction of sp³-hybridized carbons (Fsp3) is 0.364. The third-order valence-electron chi connectivity index (χ3n) is 2.43. The standard InChI is InChI=1S/C11H15N5O2/c1-16-7-15-10-8(16)2-3-13-11(10)14-4-5-18-6-9(12)17/h2-3,7H,4-6H2,1H3,(H2,12,17)(H,13,14). The molecule has 0 aliphatic carbocycles. The molecular formula is C11H15N5O2. The maximum absolute atomic E-state index is 10.5. The Balaban J connectivity index is 1.93. The van der Waals surface area contributed by atoms with Crippen molar-refractivity contribution in [3.63, 3.8) is 0 Å². The van der Waals surface area contributed by atoms with Crippen molar-refractivity contribution < 1.29 is 9.53 Å². The van der Waals surface area contributed by atoms with E-state index in [1.54, 1.807) is 12.5 Å². The second kappa shape index (κ2) is 5.46. The summed E-state index contributed by atoms with van der Waals surface area (Å²) in [6.07, 6.45) is 3.46. The SMILES string of the molecule is Cn1cnc2c(NCCOCC(N)=O)nccc21. The summed E-state index contributed by atoms with van der Waals surface area (Å²) in [4.78, 5) is 18.9. The van der Waals surface area contributed by atoms with Crippen LogP contribution in [0.1, 0.15) is 0 Å². The number of primary amides is 1. The van der Waals surface area contributed by atoms with E-state index in [2.05, 4.69) is 15.3 Å². The molecule has 0 unspecified atom stereocenters. The van der Waals surface area contributed by atoms with Crippen LogP contribution in [-0.2, 0) is 16.6 Å². The van der Waals surface area contributed by atoms with Gasteiger partial charge in [-0.25, -0.2) is 9.97 Å². The lowest BCUT2D eigenvalue weighted by molar-refractivity contribution is -0.122. The van der Waals surface area contributed by atoms with E-state index >= 15 is 0 Å². The number of nitrogens with zero attached hydrogens (tertiary/aromatic N) is 3. The first-order chi connectivity index (χ1) is 8.68. The van der Waals surface area contributed by atoms with Gasteiger partial charge in [0.25, 0.3) is 0 Å². The molecule has 7 nitrogen and oxygen atoms in total. The maximum Gasteiger partial charge on any atom is 0.243 e. The summed E-state index contributed by atoms with van der Waals surface area (Å²) in [7, 11) is 1.93. The van der Waals surface area contributed by atoms with Crippen LogP contribution in [0.15, 0.2) is 18.6 Å². The van der Waals surface area contributed by atoms with Crippen LogP contribution < -0.4 is 11.1 Å². The molecule has 18 heavy (non-hydrogen) atoms. The monoisotopic (exact) mass is 249 g/mol. The molecule has 0 bridgehead atoms. The van der Waals surface area contributed by atoms with E-state index < -0.39 is 5.91 Å². The number of imidazole rings is 1.